The summed E-state index contributed by atoms with van der Waals surface area (Å²) in [7, 11) is 0. The van der Waals surface area contributed by atoms with Crippen LogP contribution >= 0.6 is 0 Å². The summed E-state index contributed by atoms with van der Waals surface area (Å²) in [5, 5.41) is 0. The molecule has 1 heterocycles. The summed E-state index contributed by atoms with van der Waals surface area (Å²) in [5.41, 5.74) is 0. The predicted octanol–water partition coefficient (Wildman–Crippen LogP) is 0.114. The fourth-order valence-corrected chi connectivity index (χ4v) is 3.36. The molecule has 0 amide bonds. The second-order valence-electron chi connectivity index (χ2n) is 5.11. The van der Waals surface area contributed by atoms with Gasteiger partial charge in [0, 0.05) is 5.92 Å². The van der Waals surface area contributed by atoms with E-state index in [9.17, 15) is 0 Å². The fraction of sp³-hybridized carbons (Fsp3) is 0.833. The summed E-state index contributed by atoms with van der Waals surface area (Å²) in [6.07, 6.45) is 7.83. The molecule has 78 valence electrons. The summed E-state index contributed by atoms with van der Waals surface area (Å²) in [5.74, 6) is 2.85. The first-order valence-electron chi connectivity index (χ1n) is 6.01. The van der Waals surface area contributed by atoms with Gasteiger partial charge in [-0.1, -0.05) is 12.2 Å². The zero-order valence-electron chi connectivity index (χ0n) is 8.74. The van der Waals surface area contributed by atoms with Crippen molar-refractivity contribution in [3.8, 4) is 0 Å². The lowest BCUT2D eigenvalue weighted by Crippen LogP contribution is -3.14. The number of morpholine rings is 1. The van der Waals surface area contributed by atoms with Crippen molar-refractivity contribution in [3.05, 3.63) is 12.2 Å². The molecule has 2 nitrogen and oxygen atoms in total. The normalized spacial score (nSPS) is 42.1. The Morgan fingerprint density at radius 3 is 2.64 bits per heavy atom. The number of hydrogen-bond donors (Lipinski definition) is 1. The Kier molecular flexibility index (Phi) is 2.34. The van der Waals surface area contributed by atoms with Crippen LogP contribution in [0.3, 0.4) is 0 Å². The van der Waals surface area contributed by atoms with Gasteiger partial charge < -0.3 is 9.64 Å². The highest BCUT2D eigenvalue weighted by Crippen LogP contribution is 2.42. The molecule has 3 atom stereocenters. The van der Waals surface area contributed by atoms with Gasteiger partial charge in [0.15, 0.2) is 0 Å². The van der Waals surface area contributed by atoms with E-state index < -0.39 is 0 Å². The van der Waals surface area contributed by atoms with Gasteiger partial charge in [0.05, 0.1) is 19.8 Å². The second kappa shape index (κ2) is 3.67. The van der Waals surface area contributed by atoms with Crippen LogP contribution in [-0.2, 0) is 4.74 Å². The number of quaternary nitrogens is 1. The molecular formula is C12H20NO+. The molecule has 0 unspecified atom stereocenters. The van der Waals surface area contributed by atoms with Gasteiger partial charge in [-0.3, -0.25) is 0 Å². The van der Waals surface area contributed by atoms with E-state index in [0.29, 0.717) is 0 Å². The maximum atomic E-state index is 5.39. The molecule has 3 rings (SSSR count). The molecule has 1 saturated heterocycles. The number of ether oxygens (including phenoxy) is 1. The van der Waals surface area contributed by atoms with Crippen LogP contribution in [0.25, 0.3) is 0 Å². The third-order valence-corrected chi connectivity index (χ3v) is 4.17. The van der Waals surface area contributed by atoms with Gasteiger partial charge in [-0.2, -0.15) is 0 Å². The molecule has 0 aromatic rings. The quantitative estimate of drug-likeness (QED) is 0.616. The Labute approximate surface area is 85.9 Å². The smallest absolute Gasteiger partial charge is 0.101 e. The van der Waals surface area contributed by atoms with Crippen molar-refractivity contribution in [2.24, 2.45) is 17.8 Å². The lowest BCUT2D eigenvalue weighted by molar-refractivity contribution is -0.911. The van der Waals surface area contributed by atoms with Crippen LogP contribution in [0.4, 0.5) is 0 Å². The fourth-order valence-electron chi connectivity index (χ4n) is 3.36. The molecule has 1 saturated carbocycles. The molecule has 2 bridgehead atoms. The molecular weight excluding hydrogens is 174 g/mol. The van der Waals surface area contributed by atoms with Crippen molar-refractivity contribution < 1.29 is 9.64 Å². The van der Waals surface area contributed by atoms with Crippen molar-refractivity contribution >= 4 is 0 Å². The van der Waals surface area contributed by atoms with Crippen molar-refractivity contribution in [1.29, 1.82) is 0 Å². The van der Waals surface area contributed by atoms with Gasteiger partial charge in [0.1, 0.15) is 13.1 Å². The average molecular weight is 194 g/mol. The van der Waals surface area contributed by atoms with Gasteiger partial charge >= 0.3 is 0 Å². The highest BCUT2D eigenvalue weighted by molar-refractivity contribution is 5.09. The summed E-state index contributed by atoms with van der Waals surface area (Å²) in [6.45, 7) is 5.82. The van der Waals surface area contributed by atoms with Crippen LogP contribution < -0.4 is 4.90 Å². The predicted molar refractivity (Wildman–Crippen MR) is 55.2 cm³/mol. The first-order valence-corrected chi connectivity index (χ1v) is 6.01. The zero-order chi connectivity index (χ0) is 9.38. The van der Waals surface area contributed by atoms with E-state index in [2.05, 4.69) is 12.2 Å². The molecule has 1 N–H and O–H groups in total. The maximum absolute atomic E-state index is 5.39. The van der Waals surface area contributed by atoms with E-state index in [0.717, 1.165) is 31.0 Å². The SMILES string of the molecule is C1=C[C@H]2C[C@@H]1C[C@H]2C[NH+]1CCOCC1. The Morgan fingerprint density at radius 1 is 1.14 bits per heavy atom. The van der Waals surface area contributed by atoms with Crippen LogP contribution in [0.2, 0.25) is 0 Å². The Bertz CT molecular complexity index is 232. The third-order valence-electron chi connectivity index (χ3n) is 4.17. The van der Waals surface area contributed by atoms with Crippen LogP contribution in [0, 0.1) is 17.8 Å². The number of rotatable bonds is 2. The van der Waals surface area contributed by atoms with Gasteiger partial charge in [0.25, 0.3) is 0 Å². The molecule has 0 aromatic heterocycles. The average Bonchev–Trinajstić information content (AvgIpc) is 2.81. The monoisotopic (exact) mass is 194 g/mol. The van der Waals surface area contributed by atoms with Gasteiger partial charge in [0.2, 0.25) is 0 Å². The van der Waals surface area contributed by atoms with E-state index >= 15 is 0 Å². The molecule has 2 aliphatic carbocycles. The lowest BCUT2D eigenvalue weighted by atomic mass is 9.93. The summed E-state index contributed by atoms with van der Waals surface area (Å²) in [4.78, 5) is 1.78. The molecule has 0 spiro atoms. The standard InChI is InChI=1S/C12H19NO/c1-2-11-7-10(1)8-12(11)9-13-3-5-14-6-4-13/h1-2,10-12H,3-9H2/p+1/t10-,11+,12+/m1/s1. The first kappa shape index (κ1) is 8.93. The minimum Gasteiger partial charge on any atom is -0.370 e. The number of allylic oxidation sites excluding steroid dienone is 2. The van der Waals surface area contributed by atoms with Gasteiger partial charge in [-0.05, 0) is 24.7 Å². The first-order chi connectivity index (χ1) is 6.92. The maximum Gasteiger partial charge on any atom is 0.101 e. The molecule has 1 aliphatic heterocycles. The lowest BCUT2D eigenvalue weighted by Gasteiger charge is -2.28. The van der Waals surface area contributed by atoms with Gasteiger partial charge in [-0.15, -0.1) is 0 Å². The minimum absolute atomic E-state index is 0.926. The Hall–Kier alpha value is -0.340. The molecule has 2 heteroatoms. The van der Waals surface area contributed by atoms with Crippen LogP contribution in [0.1, 0.15) is 12.8 Å². The number of hydrogen-bond acceptors (Lipinski definition) is 1. The van der Waals surface area contributed by atoms with Crippen LogP contribution in [0.5, 0.6) is 0 Å². The second-order valence-corrected chi connectivity index (χ2v) is 5.11. The minimum atomic E-state index is 0.926. The van der Waals surface area contributed by atoms with Gasteiger partial charge in [-0.25, -0.2) is 0 Å². The summed E-state index contributed by atoms with van der Waals surface area (Å²) < 4.78 is 5.39. The van der Waals surface area contributed by atoms with E-state index in [4.69, 9.17) is 4.74 Å². The van der Waals surface area contributed by atoms with E-state index in [-0.39, 0.29) is 0 Å². The molecule has 14 heavy (non-hydrogen) atoms. The molecule has 3 aliphatic rings. The number of nitrogens with one attached hydrogen (secondary N) is 1. The zero-order valence-corrected chi connectivity index (χ0v) is 8.74. The Morgan fingerprint density at radius 2 is 2.00 bits per heavy atom. The van der Waals surface area contributed by atoms with Crippen molar-refractivity contribution in [3.63, 3.8) is 0 Å². The molecule has 0 radical (unpaired) electrons. The molecule has 0 aromatic carbocycles. The topological polar surface area (TPSA) is 13.7 Å². The van der Waals surface area contributed by atoms with E-state index in [1.807, 2.05) is 0 Å². The van der Waals surface area contributed by atoms with Crippen molar-refractivity contribution in [2.45, 2.75) is 12.8 Å². The van der Waals surface area contributed by atoms with Crippen molar-refractivity contribution in [1.82, 2.24) is 0 Å². The number of fused-ring (bicyclic) bond motifs is 2. The highest BCUT2D eigenvalue weighted by atomic mass is 16.5. The van der Waals surface area contributed by atoms with E-state index in [1.54, 1.807) is 4.90 Å². The largest absolute Gasteiger partial charge is 0.370 e. The van der Waals surface area contributed by atoms with Crippen LogP contribution in [-0.4, -0.2) is 32.8 Å². The molecule has 2 fully saturated rings. The summed E-state index contributed by atoms with van der Waals surface area (Å²) >= 11 is 0. The summed E-state index contributed by atoms with van der Waals surface area (Å²) in [6, 6.07) is 0. The highest BCUT2D eigenvalue weighted by Gasteiger charge is 2.37. The Balaban J connectivity index is 1.54. The van der Waals surface area contributed by atoms with Crippen LogP contribution in [0.15, 0.2) is 12.2 Å². The third kappa shape index (κ3) is 1.61. The van der Waals surface area contributed by atoms with Crippen molar-refractivity contribution in [2.75, 3.05) is 32.8 Å². The van der Waals surface area contributed by atoms with E-state index in [1.165, 1.54) is 32.5 Å².